The van der Waals surface area contributed by atoms with Crippen molar-refractivity contribution >= 4 is 17.2 Å². The van der Waals surface area contributed by atoms with Gasteiger partial charge in [0, 0.05) is 23.8 Å². The molecule has 2 aromatic heterocycles. The maximum absolute atomic E-state index is 12.4. The molecule has 1 atom stereocenters. The van der Waals surface area contributed by atoms with E-state index in [1.807, 2.05) is 48.1 Å². The molecule has 0 bridgehead atoms. The molecule has 120 valence electrons. The summed E-state index contributed by atoms with van der Waals surface area (Å²) >= 11 is 1.65. The molecule has 3 rings (SSSR count). The van der Waals surface area contributed by atoms with Crippen molar-refractivity contribution in [2.45, 2.75) is 19.0 Å². The van der Waals surface area contributed by atoms with E-state index in [1.165, 1.54) is 0 Å². The first kappa shape index (κ1) is 16.0. The monoisotopic (exact) mass is 335 g/mol. The number of aromatic nitrogens is 1. The molecule has 0 aliphatic rings. The zero-order chi connectivity index (χ0) is 16.8. The first-order chi connectivity index (χ1) is 11.8. The number of hydrogen-bond acceptors (Lipinski definition) is 3. The van der Waals surface area contributed by atoms with Crippen LogP contribution in [-0.4, -0.2) is 10.5 Å². The lowest BCUT2D eigenvalue weighted by Gasteiger charge is -2.17. The Hall–Kier alpha value is -2.84. The summed E-state index contributed by atoms with van der Waals surface area (Å²) in [5.41, 5.74) is 1.53. The van der Waals surface area contributed by atoms with Crippen LogP contribution in [0.4, 0.5) is 0 Å². The van der Waals surface area contributed by atoms with Gasteiger partial charge < -0.3 is 9.88 Å². The lowest BCUT2D eigenvalue weighted by molar-refractivity contribution is -0.121. The van der Waals surface area contributed by atoms with Gasteiger partial charge in [-0.3, -0.25) is 4.79 Å². The van der Waals surface area contributed by atoms with Gasteiger partial charge >= 0.3 is 0 Å². The van der Waals surface area contributed by atoms with E-state index >= 15 is 0 Å². The zero-order valence-electron chi connectivity index (χ0n) is 13.1. The summed E-state index contributed by atoms with van der Waals surface area (Å²) in [7, 11) is 0. The fourth-order valence-corrected chi connectivity index (χ4v) is 3.42. The van der Waals surface area contributed by atoms with E-state index in [9.17, 15) is 4.79 Å². The van der Waals surface area contributed by atoms with E-state index in [-0.39, 0.29) is 11.9 Å². The van der Waals surface area contributed by atoms with Crippen molar-refractivity contribution in [2.24, 2.45) is 0 Å². The smallest absolute Gasteiger partial charge is 0.222 e. The normalized spacial score (nSPS) is 11.6. The highest BCUT2D eigenvalue weighted by molar-refractivity contribution is 7.10. The first-order valence-electron chi connectivity index (χ1n) is 7.68. The number of nitrogens with one attached hydrogen (secondary N) is 1. The molecule has 0 aliphatic heterocycles. The zero-order valence-corrected chi connectivity index (χ0v) is 13.9. The predicted molar refractivity (Wildman–Crippen MR) is 94.5 cm³/mol. The number of benzene rings is 1. The Kier molecular flexibility index (Phi) is 5.09. The standard InChI is InChI=1S/C19H17N3OS/c20-13-15-5-3-6-16(11-15)14-21-19(23)12-17(18-7-4-10-24-18)22-8-1-2-9-22/h1-11,17H,12,14H2,(H,21,23). The van der Waals surface area contributed by atoms with Crippen LogP contribution in [0.3, 0.4) is 0 Å². The first-order valence-corrected chi connectivity index (χ1v) is 8.56. The fraction of sp³-hybridized carbons (Fsp3) is 0.158. The van der Waals surface area contributed by atoms with Crippen molar-refractivity contribution in [2.75, 3.05) is 0 Å². The highest BCUT2D eigenvalue weighted by Crippen LogP contribution is 2.26. The van der Waals surface area contributed by atoms with Crippen molar-refractivity contribution in [1.82, 2.24) is 9.88 Å². The average molecular weight is 335 g/mol. The van der Waals surface area contributed by atoms with Crippen LogP contribution >= 0.6 is 11.3 Å². The van der Waals surface area contributed by atoms with E-state index < -0.39 is 0 Å². The van der Waals surface area contributed by atoms with Crippen LogP contribution in [-0.2, 0) is 11.3 Å². The lowest BCUT2D eigenvalue weighted by Crippen LogP contribution is -2.26. The minimum Gasteiger partial charge on any atom is -0.352 e. The Bertz CT molecular complexity index is 798. The highest BCUT2D eigenvalue weighted by Gasteiger charge is 2.18. The van der Waals surface area contributed by atoms with Crippen LogP contribution in [0.15, 0.2) is 66.3 Å². The number of nitrogens with zero attached hydrogens (tertiary/aromatic N) is 2. The van der Waals surface area contributed by atoms with Gasteiger partial charge in [-0.1, -0.05) is 18.2 Å². The molecule has 5 heteroatoms. The second kappa shape index (κ2) is 7.62. The number of amides is 1. The molecule has 4 nitrogen and oxygen atoms in total. The van der Waals surface area contributed by atoms with Gasteiger partial charge in [0.25, 0.3) is 0 Å². The Morgan fingerprint density at radius 2 is 2.04 bits per heavy atom. The number of nitriles is 1. The molecule has 24 heavy (non-hydrogen) atoms. The Morgan fingerprint density at radius 1 is 1.21 bits per heavy atom. The number of carbonyl (C=O) groups is 1. The quantitative estimate of drug-likeness (QED) is 0.746. The molecule has 1 amide bonds. The van der Waals surface area contributed by atoms with Crippen molar-refractivity contribution in [3.05, 3.63) is 82.3 Å². The summed E-state index contributed by atoms with van der Waals surface area (Å²) in [6.07, 6.45) is 4.34. The number of rotatable bonds is 6. The van der Waals surface area contributed by atoms with Crippen LogP contribution in [0.1, 0.15) is 28.5 Å². The SMILES string of the molecule is N#Cc1cccc(CNC(=O)CC(c2cccs2)n2cccc2)c1. The minimum atomic E-state index is -0.00976. The second-order valence-corrected chi connectivity index (χ2v) is 6.43. The molecule has 1 aromatic carbocycles. The summed E-state index contributed by atoms with van der Waals surface area (Å²) in [5, 5.41) is 13.9. The number of hydrogen-bond donors (Lipinski definition) is 1. The molecule has 0 fully saturated rings. The maximum atomic E-state index is 12.4. The van der Waals surface area contributed by atoms with Gasteiger partial charge in [0.2, 0.25) is 5.91 Å². The van der Waals surface area contributed by atoms with Crippen LogP contribution in [0.25, 0.3) is 0 Å². The van der Waals surface area contributed by atoms with Crippen LogP contribution in [0.5, 0.6) is 0 Å². The van der Waals surface area contributed by atoms with Gasteiger partial charge in [0.15, 0.2) is 0 Å². The Balaban J connectivity index is 1.65. The van der Waals surface area contributed by atoms with Gasteiger partial charge in [0.1, 0.15) is 0 Å². The van der Waals surface area contributed by atoms with Crippen molar-refractivity contribution in [1.29, 1.82) is 5.26 Å². The number of carbonyl (C=O) groups excluding carboxylic acids is 1. The van der Waals surface area contributed by atoms with Gasteiger partial charge in [-0.2, -0.15) is 5.26 Å². The van der Waals surface area contributed by atoms with Crippen molar-refractivity contribution < 1.29 is 4.79 Å². The Labute approximate surface area is 145 Å². The highest BCUT2D eigenvalue weighted by atomic mass is 32.1. The molecule has 0 saturated heterocycles. The molecular formula is C19H17N3OS. The van der Waals surface area contributed by atoms with Gasteiger partial charge in [0.05, 0.1) is 24.1 Å². The predicted octanol–water partition coefficient (Wildman–Crippen LogP) is 3.72. The third-order valence-electron chi connectivity index (χ3n) is 3.78. The van der Waals surface area contributed by atoms with Gasteiger partial charge in [-0.05, 0) is 41.3 Å². The molecular weight excluding hydrogens is 318 g/mol. The molecule has 1 N–H and O–H groups in total. The van der Waals surface area contributed by atoms with Crippen LogP contribution in [0.2, 0.25) is 0 Å². The number of thiophene rings is 1. The third kappa shape index (κ3) is 3.92. The molecule has 0 radical (unpaired) electrons. The van der Waals surface area contributed by atoms with Crippen molar-refractivity contribution in [3.8, 4) is 6.07 Å². The average Bonchev–Trinajstić information content (AvgIpc) is 3.31. The van der Waals surface area contributed by atoms with Crippen molar-refractivity contribution in [3.63, 3.8) is 0 Å². The van der Waals surface area contributed by atoms with E-state index in [0.717, 1.165) is 10.4 Å². The van der Waals surface area contributed by atoms with E-state index in [2.05, 4.69) is 22.0 Å². The maximum Gasteiger partial charge on any atom is 0.222 e. The molecule has 0 aliphatic carbocycles. The van der Waals surface area contributed by atoms with Gasteiger partial charge in [-0.15, -0.1) is 11.3 Å². The Morgan fingerprint density at radius 3 is 2.75 bits per heavy atom. The second-order valence-electron chi connectivity index (χ2n) is 5.45. The topological polar surface area (TPSA) is 57.8 Å². The van der Waals surface area contributed by atoms with Crippen LogP contribution < -0.4 is 5.32 Å². The summed E-state index contributed by atoms with van der Waals surface area (Å²) in [6, 6.07) is 17.4. The lowest BCUT2D eigenvalue weighted by atomic mass is 10.1. The molecule has 3 aromatic rings. The molecule has 0 spiro atoms. The summed E-state index contributed by atoms with van der Waals surface area (Å²) in [6.45, 7) is 0.428. The minimum absolute atomic E-state index is 0.00504. The summed E-state index contributed by atoms with van der Waals surface area (Å²) in [4.78, 5) is 13.5. The van der Waals surface area contributed by atoms with Crippen LogP contribution in [0, 0.1) is 11.3 Å². The van der Waals surface area contributed by atoms with E-state index in [1.54, 1.807) is 23.5 Å². The van der Waals surface area contributed by atoms with Gasteiger partial charge in [-0.25, -0.2) is 0 Å². The third-order valence-corrected chi connectivity index (χ3v) is 4.76. The largest absolute Gasteiger partial charge is 0.352 e. The molecule has 0 saturated carbocycles. The fourth-order valence-electron chi connectivity index (χ4n) is 2.59. The molecule has 1 unspecified atom stereocenters. The summed E-state index contributed by atoms with van der Waals surface area (Å²) in [5.74, 6) is -0.00976. The van der Waals surface area contributed by atoms with E-state index in [4.69, 9.17) is 5.26 Å². The summed E-state index contributed by atoms with van der Waals surface area (Å²) < 4.78 is 2.06. The van der Waals surface area contributed by atoms with E-state index in [0.29, 0.717) is 18.5 Å². The molecule has 2 heterocycles.